The van der Waals surface area contributed by atoms with Crippen LogP contribution in [-0.4, -0.2) is 31.2 Å². The average Bonchev–Trinajstić information content (AvgIpc) is 3.07. The molecule has 2 aliphatic rings. The molecular formula is C21H24N2O3. The topological polar surface area (TPSA) is 63.4 Å². The smallest absolute Gasteiger partial charge is 0.337 e. The number of methoxy groups -OCH3 is 1. The van der Waals surface area contributed by atoms with Gasteiger partial charge in [-0.2, -0.15) is 0 Å². The van der Waals surface area contributed by atoms with Gasteiger partial charge in [-0.1, -0.05) is 24.3 Å². The van der Waals surface area contributed by atoms with Crippen LogP contribution in [-0.2, 0) is 20.7 Å². The molecule has 0 radical (unpaired) electrons. The number of aromatic amines is 1. The number of esters is 1. The van der Waals surface area contributed by atoms with E-state index in [-0.39, 0.29) is 23.8 Å². The molecule has 3 heterocycles. The third kappa shape index (κ3) is 2.82. The van der Waals surface area contributed by atoms with Crippen LogP contribution in [0, 0.1) is 11.8 Å². The maximum absolute atomic E-state index is 12.2. The molecule has 0 bridgehead atoms. The number of hydrogen-bond acceptors (Lipinski definition) is 4. The summed E-state index contributed by atoms with van der Waals surface area (Å²) in [7, 11) is 1.41. The van der Waals surface area contributed by atoms with Crippen molar-refractivity contribution in [3.05, 3.63) is 60.0 Å². The van der Waals surface area contributed by atoms with E-state index in [0.29, 0.717) is 12.2 Å². The number of aromatic nitrogens is 1. The summed E-state index contributed by atoms with van der Waals surface area (Å²) in [6, 6.07) is 8.58. The summed E-state index contributed by atoms with van der Waals surface area (Å²) in [4.78, 5) is 15.8. The molecule has 136 valence electrons. The van der Waals surface area contributed by atoms with Crippen molar-refractivity contribution in [3.8, 4) is 0 Å². The van der Waals surface area contributed by atoms with Gasteiger partial charge in [-0.3, -0.25) is 0 Å². The van der Waals surface area contributed by atoms with E-state index in [1.807, 2.05) is 6.08 Å². The van der Waals surface area contributed by atoms with Gasteiger partial charge in [-0.15, -0.1) is 6.58 Å². The number of carbonyl (C=O) groups is 1. The lowest BCUT2D eigenvalue weighted by molar-refractivity contribution is -0.137. The molecule has 5 heteroatoms. The Morgan fingerprint density at radius 3 is 3.08 bits per heavy atom. The normalized spacial score (nSPS) is 25.1. The molecule has 0 spiro atoms. The van der Waals surface area contributed by atoms with E-state index in [4.69, 9.17) is 9.47 Å². The molecule has 2 aromatic rings. The number of benzene rings is 1. The Morgan fingerprint density at radius 2 is 2.27 bits per heavy atom. The van der Waals surface area contributed by atoms with Gasteiger partial charge in [0.15, 0.2) is 0 Å². The predicted octanol–water partition coefficient (Wildman–Crippen LogP) is 3.25. The van der Waals surface area contributed by atoms with Gasteiger partial charge in [0.25, 0.3) is 0 Å². The standard InChI is InChI=1S/C21H24N2O3/c1-3-13-11-26-12-17(21(24)25-2)16(13)10-19-20-15(8-9-22-19)14-6-4-5-7-18(14)23-20/h3-7,12-13,16,19,22-23H,1,8-11H2,2H3/t13-,16-,19-/m0/s1. The molecule has 5 nitrogen and oxygen atoms in total. The summed E-state index contributed by atoms with van der Waals surface area (Å²) in [6.07, 6.45) is 5.25. The molecular weight excluding hydrogens is 328 g/mol. The highest BCUT2D eigenvalue weighted by Gasteiger charge is 2.36. The molecule has 4 rings (SSSR count). The van der Waals surface area contributed by atoms with Gasteiger partial charge in [0.05, 0.1) is 25.6 Å². The number of fused-ring (bicyclic) bond motifs is 3. The number of hydrogen-bond donors (Lipinski definition) is 2. The summed E-state index contributed by atoms with van der Waals surface area (Å²) in [5.74, 6) is -0.219. The van der Waals surface area contributed by atoms with E-state index in [2.05, 4.69) is 41.1 Å². The van der Waals surface area contributed by atoms with Crippen LogP contribution in [0.4, 0.5) is 0 Å². The first-order valence-electron chi connectivity index (χ1n) is 9.08. The van der Waals surface area contributed by atoms with Crippen LogP contribution in [0.1, 0.15) is 23.7 Å². The maximum Gasteiger partial charge on any atom is 0.337 e. The van der Waals surface area contributed by atoms with E-state index >= 15 is 0 Å². The minimum Gasteiger partial charge on any atom is -0.500 e. The predicted molar refractivity (Wildman–Crippen MR) is 101 cm³/mol. The molecule has 3 atom stereocenters. The second-order valence-corrected chi connectivity index (χ2v) is 6.96. The van der Waals surface area contributed by atoms with Crippen molar-refractivity contribution < 1.29 is 14.3 Å². The van der Waals surface area contributed by atoms with Gasteiger partial charge >= 0.3 is 5.97 Å². The monoisotopic (exact) mass is 352 g/mol. The highest BCUT2D eigenvalue weighted by atomic mass is 16.5. The van der Waals surface area contributed by atoms with Gasteiger partial charge in [-0.25, -0.2) is 4.79 Å². The highest BCUT2D eigenvalue weighted by molar-refractivity contribution is 5.89. The van der Waals surface area contributed by atoms with E-state index in [0.717, 1.165) is 19.4 Å². The zero-order valence-electron chi connectivity index (χ0n) is 15.0. The first-order chi connectivity index (χ1) is 12.7. The number of nitrogens with one attached hydrogen (secondary N) is 2. The van der Waals surface area contributed by atoms with Gasteiger partial charge in [-0.05, 0) is 31.0 Å². The first kappa shape index (κ1) is 16.9. The van der Waals surface area contributed by atoms with Crippen molar-refractivity contribution in [2.24, 2.45) is 11.8 Å². The third-order valence-electron chi connectivity index (χ3n) is 5.59. The Hall–Kier alpha value is -2.53. The molecule has 0 fully saturated rings. The number of ether oxygens (including phenoxy) is 2. The summed E-state index contributed by atoms with van der Waals surface area (Å²) in [5.41, 5.74) is 4.38. The van der Waals surface area contributed by atoms with Crippen LogP contribution in [0.15, 0.2) is 48.8 Å². The number of H-pyrrole nitrogens is 1. The third-order valence-corrected chi connectivity index (χ3v) is 5.59. The van der Waals surface area contributed by atoms with Gasteiger partial charge in [0.2, 0.25) is 0 Å². The van der Waals surface area contributed by atoms with E-state index in [9.17, 15) is 4.79 Å². The molecule has 2 N–H and O–H groups in total. The Morgan fingerprint density at radius 1 is 1.42 bits per heavy atom. The molecule has 0 saturated heterocycles. The molecule has 26 heavy (non-hydrogen) atoms. The Kier molecular flexibility index (Phi) is 4.55. The quantitative estimate of drug-likeness (QED) is 0.655. The van der Waals surface area contributed by atoms with Crippen LogP contribution >= 0.6 is 0 Å². The Bertz CT molecular complexity index is 867. The van der Waals surface area contributed by atoms with Crippen molar-refractivity contribution >= 4 is 16.9 Å². The molecule has 0 amide bonds. The number of carbonyl (C=O) groups excluding carboxylic acids is 1. The summed E-state index contributed by atoms with van der Waals surface area (Å²) < 4.78 is 10.5. The second kappa shape index (κ2) is 7.00. The lowest BCUT2D eigenvalue weighted by Gasteiger charge is -2.34. The summed E-state index contributed by atoms with van der Waals surface area (Å²) in [5, 5.41) is 4.92. The van der Waals surface area contributed by atoms with Gasteiger partial charge in [0.1, 0.15) is 0 Å². The zero-order chi connectivity index (χ0) is 18.1. The van der Waals surface area contributed by atoms with Crippen LogP contribution in [0.5, 0.6) is 0 Å². The largest absolute Gasteiger partial charge is 0.500 e. The minimum atomic E-state index is -0.325. The number of para-hydroxylation sites is 1. The fourth-order valence-electron chi connectivity index (χ4n) is 4.25. The number of rotatable bonds is 4. The van der Waals surface area contributed by atoms with Crippen molar-refractivity contribution in [1.82, 2.24) is 10.3 Å². The Labute approximate surface area is 153 Å². The fraction of sp³-hybridized carbons (Fsp3) is 0.381. The van der Waals surface area contributed by atoms with E-state index < -0.39 is 0 Å². The van der Waals surface area contributed by atoms with Crippen molar-refractivity contribution in [2.75, 3.05) is 20.3 Å². The van der Waals surface area contributed by atoms with E-state index in [1.54, 1.807) is 6.26 Å². The average molecular weight is 352 g/mol. The molecule has 0 saturated carbocycles. The SMILES string of the molecule is C=C[C@H]1COC=C(C(=O)OC)[C@H]1C[C@@H]1NCCc2c1[nH]c1ccccc21. The summed E-state index contributed by atoms with van der Waals surface area (Å²) in [6.45, 7) is 5.41. The van der Waals surface area contributed by atoms with Crippen molar-refractivity contribution in [1.29, 1.82) is 0 Å². The van der Waals surface area contributed by atoms with Gasteiger partial charge < -0.3 is 19.8 Å². The van der Waals surface area contributed by atoms with E-state index in [1.165, 1.54) is 29.3 Å². The van der Waals surface area contributed by atoms with Crippen LogP contribution < -0.4 is 5.32 Å². The Balaban J connectivity index is 1.68. The lowest BCUT2D eigenvalue weighted by Crippen LogP contribution is -2.36. The highest BCUT2D eigenvalue weighted by Crippen LogP contribution is 2.38. The van der Waals surface area contributed by atoms with Gasteiger partial charge in [0, 0.05) is 34.5 Å². The first-order valence-corrected chi connectivity index (χ1v) is 9.08. The fourth-order valence-corrected chi connectivity index (χ4v) is 4.25. The molecule has 2 aliphatic heterocycles. The summed E-state index contributed by atoms with van der Waals surface area (Å²) >= 11 is 0. The van der Waals surface area contributed by atoms with Crippen LogP contribution in [0.3, 0.4) is 0 Å². The second-order valence-electron chi connectivity index (χ2n) is 6.96. The molecule has 1 aromatic heterocycles. The minimum absolute atomic E-state index is 0.0172. The van der Waals surface area contributed by atoms with Crippen molar-refractivity contribution in [2.45, 2.75) is 18.9 Å². The molecule has 0 aliphatic carbocycles. The lowest BCUT2D eigenvalue weighted by atomic mass is 9.79. The zero-order valence-corrected chi connectivity index (χ0v) is 15.0. The molecule has 1 aromatic carbocycles. The van der Waals surface area contributed by atoms with Crippen LogP contribution in [0.25, 0.3) is 10.9 Å². The maximum atomic E-state index is 12.2. The van der Waals surface area contributed by atoms with Crippen LogP contribution in [0.2, 0.25) is 0 Å². The molecule has 0 unspecified atom stereocenters. The van der Waals surface area contributed by atoms with Crippen molar-refractivity contribution in [3.63, 3.8) is 0 Å².